The van der Waals surface area contributed by atoms with Crippen molar-refractivity contribution in [3.05, 3.63) is 173 Å². The van der Waals surface area contributed by atoms with Gasteiger partial charge >= 0.3 is 46.1 Å². The number of rotatable bonds is 14. The van der Waals surface area contributed by atoms with E-state index in [0.29, 0.717) is 50.0 Å². The van der Waals surface area contributed by atoms with Crippen LogP contribution in [-0.4, -0.2) is 39.3 Å². The molecular weight excluding hydrogens is 700 g/mol. The van der Waals surface area contributed by atoms with Gasteiger partial charge < -0.3 is 0 Å². The summed E-state index contributed by atoms with van der Waals surface area (Å²) in [4.78, 5) is 104. The van der Waals surface area contributed by atoms with Crippen LogP contribution >= 0.6 is 0 Å². The molecule has 2 heterocycles. The molecule has 0 amide bonds. The van der Waals surface area contributed by atoms with E-state index in [2.05, 4.69) is 29.5 Å². The molecule has 0 aliphatic rings. The Morgan fingerprint density at radius 3 is 0.926 bits per heavy atom. The van der Waals surface area contributed by atoms with E-state index in [0.717, 1.165) is 27.4 Å². The Hall–Kier alpha value is -6.58. The molecule has 4 rings (SSSR count). The molecule has 0 N–H and O–H groups in total. The van der Waals surface area contributed by atoms with Gasteiger partial charge in [0.15, 0.2) is 0 Å². The van der Waals surface area contributed by atoms with E-state index < -0.39 is 46.1 Å². The van der Waals surface area contributed by atoms with E-state index in [-0.39, 0.29) is 19.6 Å². The molecule has 0 fully saturated rings. The average Bonchev–Trinajstić information content (AvgIpc) is 3.19. The molecule has 16 heteroatoms. The fraction of sp³-hybridized carbons (Fsp3) is 0.316. The van der Waals surface area contributed by atoms with E-state index in [1.807, 2.05) is 20.8 Å². The number of allylic oxidation sites excluding steroid dienone is 3. The number of benzene rings is 2. The van der Waals surface area contributed by atoms with Crippen LogP contribution in [0.2, 0.25) is 0 Å². The van der Waals surface area contributed by atoms with Crippen LogP contribution in [0.3, 0.4) is 0 Å². The molecule has 2 aromatic carbocycles. The predicted octanol–water partition coefficient (Wildman–Crippen LogP) is 2.75. The number of nitrogens with zero attached hydrogens (tertiary/aromatic N) is 6. The molecule has 0 unspecified atom stereocenters. The van der Waals surface area contributed by atoms with Crippen molar-refractivity contribution < 1.29 is 19.4 Å². The molecular formula is C38H46N6O10. The third kappa shape index (κ3) is 11.5. The van der Waals surface area contributed by atoms with E-state index >= 15 is 0 Å². The Kier molecular flexibility index (Phi) is 18.1. The van der Waals surface area contributed by atoms with Crippen molar-refractivity contribution in [1.29, 1.82) is 0 Å². The van der Waals surface area contributed by atoms with Gasteiger partial charge in [-0.1, -0.05) is 75.4 Å². The van der Waals surface area contributed by atoms with Gasteiger partial charge in [-0.2, -0.15) is 0 Å². The zero-order valence-corrected chi connectivity index (χ0v) is 30.8. The highest BCUT2D eigenvalue weighted by Crippen LogP contribution is 2.05. The molecule has 0 aliphatic heterocycles. The summed E-state index contributed by atoms with van der Waals surface area (Å²) in [5.41, 5.74) is -2.81. The fourth-order valence-corrected chi connectivity index (χ4v) is 4.79. The van der Waals surface area contributed by atoms with Crippen molar-refractivity contribution in [3.8, 4) is 0 Å². The van der Waals surface area contributed by atoms with Gasteiger partial charge in [0.05, 0.1) is 30.8 Å². The molecule has 0 saturated heterocycles. The van der Waals surface area contributed by atoms with Gasteiger partial charge in [0, 0.05) is 19.6 Å². The smallest absolute Gasteiger partial charge is 0.247 e. The highest BCUT2D eigenvalue weighted by Gasteiger charge is 2.15. The maximum atomic E-state index is 12.1. The van der Waals surface area contributed by atoms with Crippen LogP contribution in [0.5, 0.6) is 0 Å². The first-order valence-electron chi connectivity index (χ1n) is 17.2. The largest absolute Gasteiger partial charge is 0.386 e. The van der Waals surface area contributed by atoms with Gasteiger partial charge in [-0.05, 0) is 43.5 Å². The van der Waals surface area contributed by atoms with Crippen LogP contribution in [0.4, 0.5) is 0 Å². The first-order valence-corrected chi connectivity index (χ1v) is 17.2. The third-order valence-electron chi connectivity index (χ3n) is 7.26. The number of carbonyl (C=O) groups excluding carboxylic acids is 2. The summed E-state index contributed by atoms with van der Waals surface area (Å²) in [7, 11) is 0. The lowest BCUT2D eigenvalue weighted by molar-refractivity contribution is -0.187. The van der Waals surface area contributed by atoms with E-state index in [1.54, 1.807) is 60.7 Å². The molecule has 16 nitrogen and oxygen atoms in total. The van der Waals surface area contributed by atoms with Crippen molar-refractivity contribution in [3.63, 3.8) is 0 Å². The van der Waals surface area contributed by atoms with Crippen molar-refractivity contribution in [2.75, 3.05) is 0 Å². The van der Waals surface area contributed by atoms with Crippen molar-refractivity contribution in [2.45, 2.75) is 79.3 Å². The molecule has 0 spiro atoms. The highest BCUT2D eigenvalue weighted by atomic mass is 17.2. The van der Waals surface area contributed by atoms with Crippen molar-refractivity contribution in [1.82, 2.24) is 27.4 Å². The second kappa shape index (κ2) is 22.4. The van der Waals surface area contributed by atoms with E-state index in [4.69, 9.17) is 0 Å². The maximum Gasteiger partial charge on any atom is 0.386 e. The minimum absolute atomic E-state index is 0.0478. The van der Waals surface area contributed by atoms with Crippen LogP contribution in [0, 0.1) is 0 Å². The zero-order valence-electron chi connectivity index (χ0n) is 30.8. The Balaban J connectivity index is 0.000000280. The molecule has 0 atom stereocenters. The number of hydrogen-bond donors (Lipinski definition) is 0. The molecule has 0 saturated carbocycles. The van der Waals surface area contributed by atoms with Crippen molar-refractivity contribution >= 4 is 11.9 Å². The van der Waals surface area contributed by atoms with Gasteiger partial charge in [-0.3, -0.25) is 0 Å². The second-order valence-electron chi connectivity index (χ2n) is 11.3. The van der Waals surface area contributed by atoms with E-state index in [1.165, 1.54) is 18.2 Å². The summed E-state index contributed by atoms with van der Waals surface area (Å²) >= 11 is 0. The molecule has 4 aromatic rings. The zero-order chi connectivity index (χ0) is 40.2. The number of aromatic nitrogens is 6. The molecule has 0 bridgehead atoms. The lowest BCUT2D eigenvalue weighted by Gasteiger charge is -2.12. The maximum absolute atomic E-state index is 12.1. The lowest BCUT2D eigenvalue weighted by Crippen LogP contribution is -2.54. The second-order valence-corrected chi connectivity index (χ2v) is 11.3. The Morgan fingerprint density at radius 1 is 0.463 bits per heavy atom. The van der Waals surface area contributed by atoms with Crippen LogP contribution in [0.25, 0.3) is 0 Å². The molecule has 2 aromatic heterocycles. The fourth-order valence-electron chi connectivity index (χ4n) is 4.79. The summed E-state index contributed by atoms with van der Waals surface area (Å²) in [5.74, 6) is -1.42. The molecule has 0 radical (unpaired) electrons. The van der Waals surface area contributed by atoms with Gasteiger partial charge in [0.1, 0.15) is 0 Å². The minimum Gasteiger partial charge on any atom is -0.247 e. The van der Waals surface area contributed by atoms with Gasteiger partial charge in [0.2, 0.25) is 0 Å². The summed E-state index contributed by atoms with van der Waals surface area (Å²) in [6.07, 6.45) is 6.32. The first kappa shape index (κ1) is 43.6. The van der Waals surface area contributed by atoms with Gasteiger partial charge in [-0.15, -0.1) is 19.7 Å². The molecule has 0 aliphatic carbocycles. The predicted molar refractivity (Wildman–Crippen MR) is 204 cm³/mol. The summed E-state index contributed by atoms with van der Waals surface area (Å²) in [6.45, 7) is 17.3. The number of carbonyl (C=O) groups is 2. The van der Waals surface area contributed by atoms with Gasteiger partial charge in [0.25, 0.3) is 0 Å². The topological polar surface area (TPSA) is 185 Å². The normalized spacial score (nSPS) is 10.1. The summed E-state index contributed by atoms with van der Waals surface area (Å²) in [5, 5.41) is 0. The minimum atomic E-state index is -0.708. The standard InChI is InChI=1S/C14H10O4.C12H21N3O3.C12H15N3O3/c15-13(11-7-3-1-4-8-11)17-18-14(16)12-9-5-2-6-10-12;2*1-4-7-13-10(16)14(8-5-2)12(18)15(9-6-3)11(13)17/h1-10H;4-9H2,1-3H3;4-6H,1-3,7-9H2. The van der Waals surface area contributed by atoms with Crippen LogP contribution in [0.1, 0.15) is 60.7 Å². The molecule has 288 valence electrons. The van der Waals surface area contributed by atoms with Crippen molar-refractivity contribution in [2.24, 2.45) is 0 Å². The SMILES string of the molecule is C=CCn1c(=O)n(CC=C)c(=O)n(CC=C)c1=O.CCCn1c(=O)n(CCC)c(=O)n(CCC)c1=O.O=C(OOC(=O)c1ccccc1)c1ccccc1. The van der Waals surface area contributed by atoms with Crippen LogP contribution < -0.4 is 34.1 Å². The first-order chi connectivity index (χ1) is 25.9. The van der Waals surface area contributed by atoms with Crippen LogP contribution in [0.15, 0.2) is 127 Å². The Labute approximate surface area is 310 Å². The summed E-state index contributed by atoms with van der Waals surface area (Å²) in [6, 6.07) is 16.6. The van der Waals surface area contributed by atoms with Crippen LogP contribution in [-0.2, 0) is 49.0 Å². The Bertz CT molecular complexity index is 1980. The molecule has 54 heavy (non-hydrogen) atoms. The number of hydrogen-bond acceptors (Lipinski definition) is 10. The third-order valence-corrected chi connectivity index (χ3v) is 7.26. The average molecular weight is 747 g/mol. The van der Waals surface area contributed by atoms with Gasteiger partial charge in [-0.25, -0.2) is 75.5 Å². The monoisotopic (exact) mass is 746 g/mol. The summed E-state index contributed by atoms with van der Waals surface area (Å²) < 4.78 is 6.32. The lowest BCUT2D eigenvalue weighted by atomic mass is 10.2. The highest BCUT2D eigenvalue weighted by molar-refractivity contribution is 5.92. The van der Waals surface area contributed by atoms with E-state index in [9.17, 15) is 38.4 Å². The Morgan fingerprint density at radius 2 is 0.704 bits per heavy atom. The quantitative estimate of drug-likeness (QED) is 0.106.